The number of amides is 2. The number of hydrogen-bond acceptors (Lipinski definition) is 3. The Morgan fingerprint density at radius 2 is 2.00 bits per heavy atom. The van der Waals surface area contributed by atoms with Crippen molar-refractivity contribution in [3.8, 4) is 0 Å². The fourth-order valence-electron chi connectivity index (χ4n) is 3.31. The van der Waals surface area contributed by atoms with Crippen molar-refractivity contribution in [1.82, 2.24) is 20.0 Å². The van der Waals surface area contributed by atoms with E-state index < -0.39 is 0 Å². The van der Waals surface area contributed by atoms with E-state index in [0.29, 0.717) is 19.5 Å². The number of rotatable bonds is 8. The summed E-state index contributed by atoms with van der Waals surface area (Å²) in [6.07, 6.45) is 0.556. The van der Waals surface area contributed by atoms with Crippen LogP contribution in [0.5, 0.6) is 0 Å². The molecular formula is C20H30N4O2. The predicted molar refractivity (Wildman–Crippen MR) is 103 cm³/mol. The second-order valence-corrected chi connectivity index (χ2v) is 6.56. The largest absolute Gasteiger partial charge is 0.396 e. The number of nitrogens with one attached hydrogen (secondary N) is 1. The molecule has 0 aliphatic carbocycles. The van der Waals surface area contributed by atoms with Gasteiger partial charge in [0.25, 0.3) is 0 Å². The van der Waals surface area contributed by atoms with Crippen LogP contribution in [0.4, 0.5) is 4.79 Å². The van der Waals surface area contributed by atoms with Gasteiger partial charge in [-0.2, -0.15) is 5.10 Å². The van der Waals surface area contributed by atoms with Crippen LogP contribution in [-0.2, 0) is 13.1 Å². The van der Waals surface area contributed by atoms with Gasteiger partial charge in [0.05, 0.1) is 11.7 Å². The van der Waals surface area contributed by atoms with Crippen LogP contribution < -0.4 is 5.32 Å². The van der Waals surface area contributed by atoms with Crippen molar-refractivity contribution in [3.05, 3.63) is 52.8 Å². The summed E-state index contributed by atoms with van der Waals surface area (Å²) in [5.74, 6) is 0. The molecule has 0 radical (unpaired) electrons. The smallest absolute Gasteiger partial charge is 0.318 e. The van der Waals surface area contributed by atoms with Crippen molar-refractivity contribution >= 4 is 6.03 Å². The summed E-state index contributed by atoms with van der Waals surface area (Å²) in [6.45, 7) is 9.96. The van der Waals surface area contributed by atoms with Gasteiger partial charge in [-0.15, -0.1) is 0 Å². The van der Waals surface area contributed by atoms with Crippen molar-refractivity contribution in [2.75, 3.05) is 13.2 Å². The molecule has 0 saturated heterocycles. The van der Waals surface area contributed by atoms with Gasteiger partial charge in [0, 0.05) is 37.5 Å². The molecule has 0 fully saturated rings. The first-order chi connectivity index (χ1) is 12.5. The average molecular weight is 358 g/mol. The SMILES string of the molecule is CCn1nc(C)c(C(C)NC(=O)N(CCCO)Cc2ccccc2)c1C. The highest BCUT2D eigenvalue weighted by Crippen LogP contribution is 2.21. The molecule has 1 unspecified atom stereocenters. The van der Waals surface area contributed by atoms with Crippen molar-refractivity contribution in [1.29, 1.82) is 0 Å². The number of aryl methyl sites for hydroxylation is 2. The number of aliphatic hydroxyl groups excluding tert-OH is 1. The predicted octanol–water partition coefficient (Wildman–Crippen LogP) is 3.18. The quantitative estimate of drug-likeness (QED) is 0.761. The normalized spacial score (nSPS) is 12.0. The average Bonchev–Trinajstić information content (AvgIpc) is 2.92. The van der Waals surface area contributed by atoms with E-state index in [1.165, 1.54) is 0 Å². The molecular weight excluding hydrogens is 328 g/mol. The molecule has 6 nitrogen and oxygen atoms in total. The molecule has 2 amide bonds. The van der Waals surface area contributed by atoms with Crippen LogP contribution in [0.3, 0.4) is 0 Å². The zero-order valence-corrected chi connectivity index (χ0v) is 16.2. The third kappa shape index (κ3) is 4.85. The van der Waals surface area contributed by atoms with E-state index in [1.54, 1.807) is 4.90 Å². The summed E-state index contributed by atoms with van der Waals surface area (Å²) in [4.78, 5) is 14.6. The number of hydrogen-bond donors (Lipinski definition) is 2. The number of nitrogens with zero attached hydrogens (tertiary/aromatic N) is 3. The Hall–Kier alpha value is -2.34. The number of urea groups is 1. The Kier molecular flexibility index (Phi) is 7.21. The first kappa shape index (κ1) is 20.0. The fourth-order valence-corrected chi connectivity index (χ4v) is 3.31. The highest BCUT2D eigenvalue weighted by molar-refractivity contribution is 5.74. The van der Waals surface area contributed by atoms with E-state index in [9.17, 15) is 4.79 Å². The lowest BCUT2D eigenvalue weighted by Gasteiger charge is -2.25. The minimum atomic E-state index is -0.129. The van der Waals surface area contributed by atoms with E-state index in [1.807, 2.05) is 55.8 Å². The Morgan fingerprint density at radius 3 is 2.58 bits per heavy atom. The number of carbonyl (C=O) groups is 1. The van der Waals surface area contributed by atoms with Crippen LogP contribution in [0.15, 0.2) is 30.3 Å². The molecule has 2 rings (SSSR count). The molecule has 0 aliphatic rings. The summed E-state index contributed by atoms with van der Waals surface area (Å²) in [7, 11) is 0. The third-order valence-corrected chi connectivity index (χ3v) is 4.60. The molecule has 2 N–H and O–H groups in total. The summed E-state index contributed by atoms with van der Waals surface area (Å²) < 4.78 is 1.96. The third-order valence-electron chi connectivity index (χ3n) is 4.60. The lowest BCUT2D eigenvalue weighted by Crippen LogP contribution is -2.41. The van der Waals surface area contributed by atoms with E-state index in [0.717, 1.165) is 29.1 Å². The van der Waals surface area contributed by atoms with E-state index in [-0.39, 0.29) is 18.7 Å². The maximum absolute atomic E-state index is 12.8. The minimum Gasteiger partial charge on any atom is -0.396 e. The molecule has 1 heterocycles. The lowest BCUT2D eigenvalue weighted by atomic mass is 10.1. The minimum absolute atomic E-state index is 0.0651. The Bertz CT molecular complexity index is 712. The van der Waals surface area contributed by atoms with Gasteiger partial charge >= 0.3 is 6.03 Å². The summed E-state index contributed by atoms with van der Waals surface area (Å²) in [5.41, 5.74) is 4.17. The van der Waals surface area contributed by atoms with E-state index in [4.69, 9.17) is 5.11 Å². The first-order valence-corrected chi connectivity index (χ1v) is 9.22. The van der Waals surface area contributed by atoms with Gasteiger partial charge < -0.3 is 15.3 Å². The van der Waals surface area contributed by atoms with Crippen LogP contribution in [0.25, 0.3) is 0 Å². The second kappa shape index (κ2) is 9.38. The number of aromatic nitrogens is 2. The summed E-state index contributed by atoms with van der Waals surface area (Å²) in [5, 5.41) is 16.8. The maximum Gasteiger partial charge on any atom is 0.318 e. The zero-order valence-electron chi connectivity index (χ0n) is 16.2. The molecule has 26 heavy (non-hydrogen) atoms. The Balaban J connectivity index is 2.11. The van der Waals surface area contributed by atoms with Crippen molar-refractivity contribution in [2.24, 2.45) is 0 Å². The Labute approximate surface area is 155 Å². The standard InChI is InChI=1S/C20H30N4O2/c1-5-24-17(4)19(16(3)22-24)15(2)21-20(26)23(12-9-13-25)14-18-10-7-6-8-11-18/h6-8,10-11,15,25H,5,9,12-14H2,1-4H3,(H,21,26). The molecule has 0 spiro atoms. The summed E-state index contributed by atoms with van der Waals surface area (Å²) >= 11 is 0. The maximum atomic E-state index is 12.8. The number of aliphatic hydroxyl groups is 1. The highest BCUT2D eigenvalue weighted by Gasteiger charge is 2.21. The highest BCUT2D eigenvalue weighted by atomic mass is 16.3. The van der Waals surface area contributed by atoms with Gasteiger partial charge in [-0.05, 0) is 39.7 Å². The molecule has 1 aromatic heterocycles. The Morgan fingerprint density at radius 1 is 1.31 bits per heavy atom. The number of benzene rings is 1. The van der Waals surface area contributed by atoms with Crippen LogP contribution >= 0.6 is 0 Å². The summed E-state index contributed by atoms with van der Waals surface area (Å²) in [6, 6.07) is 9.64. The number of carbonyl (C=O) groups excluding carboxylic acids is 1. The molecule has 1 atom stereocenters. The van der Waals surface area contributed by atoms with Crippen LogP contribution in [-0.4, -0.2) is 39.0 Å². The van der Waals surface area contributed by atoms with Gasteiger partial charge in [0.2, 0.25) is 0 Å². The second-order valence-electron chi connectivity index (χ2n) is 6.56. The monoisotopic (exact) mass is 358 g/mol. The van der Waals surface area contributed by atoms with Gasteiger partial charge in [-0.25, -0.2) is 4.79 Å². The van der Waals surface area contributed by atoms with Gasteiger partial charge in [0.15, 0.2) is 0 Å². The molecule has 142 valence electrons. The lowest BCUT2D eigenvalue weighted by molar-refractivity contribution is 0.183. The molecule has 2 aromatic rings. The molecule has 1 aromatic carbocycles. The molecule has 6 heteroatoms. The van der Waals surface area contributed by atoms with Crippen molar-refractivity contribution in [2.45, 2.75) is 53.2 Å². The van der Waals surface area contributed by atoms with Crippen LogP contribution in [0.1, 0.15) is 48.8 Å². The van der Waals surface area contributed by atoms with Crippen LogP contribution in [0.2, 0.25) is 0 Å². The zero-order chi connectivity index (χ0) is 19.1. The molecule has 0 saturated carbocycles. The topological polar surface area (TPSA) is 70.4 Å². The first-order valence-electron chi connectivity index (χ1n) is 9.22. The van der Waals surface area contributed by atoms with Gasteiger partial charge in [0.1, 0.15) is 0 Å². The molecule has 0 bridgehead atoms. The fraction of sp³-hybridized carbons (Fsp3) is 0.500. The van der Waals surface area contributed by atoms with Crippen LogP contribution in [0, 0.1) is 13.8 Å². The molecule has 0 aliphatic heterocycles. The van der Waals surface area contributed by atoms with E-state index >= 15 is 0 Å². The van der Waals surface area contributed by atoms with Gasteiger partial charge in [-0.1, -0.05) is 30.3 Å². The van der Waals surface area contributed by atoms with E-state index in [2.05, 4.69) is 17.3 Å². The van der Waals surface area contributed by atoms with Crippen molar-refractivity contribution < 1.29 is 9.90 Å². The van der Waals surface area contributed by atoms with Crippen molar-refractivity contribution in [3.63, 3.8) is 0 Å². The van der Waals surface area contributed by atoms with Gasteiger partial charge in [-0.3, -0.25) is 4.68 Å².